The van der Waals surface area contributed by atoms with Crippen LogP contribution in [0.15, 0.2) is 0 Å². The van der Waals surface area contributed by atoms with E-state index in [2.05, 4.69) is 10.1 Å². The molecule has 0 amide bonds. The third-order valence-electron chi connectivity index (χ3n) is 2.74. The molecule has 0 bridgehead atoms. The molecule has 9 heteroatoms. The van der Waals surface area contributed by atoms with Crippen molar-refractivity contribution in [3.63, 3.8) is 0 Å². The number of nitrogens with two attached hydrogens (primary N) is 1. The van der Waals surface area contributed by atoms with Gasteiger partial charge in [-0.3, -0.25) is 9.25 Å². The van der Waals surface area contributed by atoms with Crippen LogP contribution in [0.5, 0.6) is 0 Å². The molecule has 0 atom stereocenters. The van der Waals surface area contributed by atoms with Crippen LogP contribution in [-0.4, -0.2) is 30.6 Å². The summed E-state index contributed by atoms with van der Waals surface area (Å²) in [6.45, 7) is 2.09. The Hall–Kier alpha value is -1.38. The maximum atomic E-state index is 12.1. The summed E-state index contributed by atoms with van der Waals surface area (Å²) >= 11 is -0.0664. The maximum absolute atomic E-state index is 12.1. The van der Waals surface area contributed by atoms with E-state index < -0.39 is 5.51 Å². The zero-order chi connectivity index (χ0) is 14.2. The first-order valence-electron chi connectivity index (χ1n) is 5.71. The Morgan fingerprint density at radius 3 is 2.63 bits per heavy atom. The van der Waals surface area contributed by atoms with Crippen LogP contribution >= 0.6 is 11.8 Å². The van der Waals surface area contributed by atoms with Gasteiger partial charge in [0, 0.05) is 19.3 Å². The van der Waals surface area contributed by atoms with Crippen molar-refractivity contribution in [3.8, 4) is 0 Å². The van der Waals surface area contributed by atoms with E-state index in [9.17, 15) is 13.2 Å². The van der Waals surface area contributed by atoms with Gasteiger partial charge in [0.05, 0.1) is 5.69 Å². The van der Waals surface area contributed by atoms with Crippen LogP contribution in [0.3, 0.4) is 0 Å². The number of thioether (sulfide) groups is 1. The zero-order valence-corrected chi connectivity index (χ0v) is 11.3. The normalized spacial score (nSPS) is 12.5. The summed E-state index contributed by atoms with van der Waals surface area (Å²) in [6, 6.07) is 0. The Labute approximate surface area is 112 Å². The highest BCUT2D eigenvalue weighted by atomic mass is 32.2. The standard InChI is InChI=1S/C10H14F3N5S/c1-3-6-7-8(17(2)16-6)18(9(14)15-7)4-5-19-10(11,12)13/h3-5H2,1-2H3,(H2,14,15). The Balaban J connectivity index is 2.27. The minimum Gasteiger partial charge on any atom is -0.369 e. The highest BCUT2D eigenvalue weighted by Gasteiger charge is 2.28. The molecular formula is C10H14F3N5S. The molecule has 0 radical (unpaired) electrons. The molecule has 0 aliphatic rings. The van der Waals surface area contributed by atoms with Crippen LogP contribution in [0.25, 0.3) is 11.2 Å². The van der Waals surface area contributed by atoms with Crippen LogP contribution in [0.1, 0.15) is 12.6 Å². The summed E-state index contributed by atoms with van der Waals surface area (Å²) in [5, 5.41) is 4.28. The van der Waals surface area contributed by atoms with Gasteiger partial charge in [-0.25, -0.2) is 4.98 Å². The van der Waals surface area contributed by atoms with Crippen molar-refractivity contribution in [2.24, 2.45) is 7.05 Å². The number of fused-ring (bicyclic) bond motifs is 1. The van der Waals surface area contributed by atoms with Gasteiger partial charge in [0.15, 0.2) is 5.65 Å². The molecule has 0 aliphatic carbocycles. The van der Waals surface area contributed by atoms with E-state index in [-0.39, 0.29) is 30.0 Å². The van der Waals surface area contributed by atoms with Gasteiger partial charge in [0.2, 0.25) is 5.95 Å². The molecule has 106 valence electrons. The van der Waals surface area contributed by atoms with Gasteiger partial charge in [-0.1, -0.05) is 6.92 Å². The molecule has 0 unspecified atom stereocenters. The van der Waals surface area contributed by atoms with Crippen molar-refractivity contribution in [2.75, 3.05) is 11.5 Å². The monoisotopic (exact) mass is 293 g/mol. The van der Waals surface area contributed by atoms with Gasteiger partial charge in [-0.05, 0) is 18.2 Å². The topological polar surface area (TPSA) is 61.7 Å². The lowest BCUT2D eigenvalue weighted by Gasteiger charge is -2.08. The van der Waals surface area contributed by atoms with Gasteiger partial charge in [0.1, 0.15) is 5.52 Å². The molecule has 0 aliphatic heterocycles. The van der Waals surface area contributed by atoms with Crippen molar-refractivity contribution in [2.45, 2.75) is 25.4 Å². The number of aryl methyl sites for hydroxylation is 3. The summed E-state index contributed by atoms with van der Waals surface area (Å²) < 4.78 is 39.6. The summed E-state index contributed by atoms with van der Waals surface area (Å²) in [7, 11) is 1.73. The number of nitrogen functional groups attached to an aromatic ring is 1. The van der Waals surface area contributed by atoms with Crippen molar-refractivity contribution in [1.29, 1.82) is 0 Å². The Morgan fingerprint density at radius 1 is 1.37 bits per heavy atom. The molecule has 2 rings (SSSR count). The average molecular weight is 293 g/mol. The number of aromatic nitrogens is 4. The fraction of sp³-hybridized carbons (Fsp3) is 0.600. The second-order valence-corrected chi connectivity index (χ2v) is 5.17. The largest absolute Gasteiger partial charge is 0.441 e. The third-order valence-corrected chi connectivity index (χ3v) is 3.45. The number of hydrogen-bond acceptors (Lipinski definition) is 4. The van der Waals surface area contributed by atoms with E-state index in [0.29, 0.717) is 17.6 Å². The van der Waals surface area contributed by atoms with Gasteiger partial charge >= 0.3 is 5.51 Å². The number of nitrogens with zero attached hydrogens (tertiary/aromatic N) is 4. The second kappa shape index (κ2) is 4.95. The minimum atomic E-state index is -4.23. The molecular weight excluding hydrogens is 279 g/mol. The van der Waals surface area contributed by atoms with Crippen molar-refractivity contribution < 1.29 is 13.2 Å². The fourth-order valence-electron chi connectivity index (χ4n) is 1.97. The first kappa shape index (κ1) is 14.0. The number of hydrogen-bond donors (Lipinski definition) is 1. The Morgan fingerprint density at radius 2 is 2.05 bits per heavy atom. The smallest absolute Gasteiger partial charge is 0.369 e. The van der Waals surface area contributed by atoms with E-state index in [1.165, 1.54) is 0 Å². The summed E-state index contributed by atoms with van der Waals surface area (Å²) in [4.78, 5) is 4.19. The van der Waals surface area contributed by atoms with Crippen LogP contribution in [0.4, 0.5) is 19.1 Å². The number of rotatable bonds is 4. The molecule has 2 aromatic rings. The number of imidazole rings is 1. The van der Waals surface area contributed by atoms with E-state index in [0.717, 1.165) is 5.69 Å². The summed E-state index contributed by atoms with van der Waals surface area (Å²) in [5.41, 5.74) is 3.66. The van der Waals surface area contributed by atoms with E-state index in [4.69, 9.17) is 5.73 Å². The molecule has 2 N–H and O–H groups in total. The SMILES string of the molecule is CCc1nn(C)c2c1nc(N)n2CCSC(F)(F)F. The molecule has 0 saturated carbocycles. The van der Waals surface area contributed by atoms with Crippen LogP contribution in [0.2, 0.25) is 0 Å². The van der Waals surface area contributed by atoms with Crippen molar-refractivity contribution in [1.82, 2.24) is 19.3 Å². The first-order valence-corrected chi connectivity index (χ1v) is 6.70. The number of anilines is 1. The third kappa shape index (κ3) is 2.80. The fourth-order valence-corrected chi connectivity index (χ4v) is 2.48. The van der Waals surface area contributed by atoms with Crippen LogP contribution in [0, 0.1) is 0 Å². The molecule has 2 heterocycles. The van der Waals surface area contributed by atoms with Crippen molar-refractivity contribution in [3.05, 3.63) is 5.69 Å². The van der Waals surface area contributed by atoms with Crippen molar-refractivity contribution >= 4 is 28.9 Å². The quantitative estimate of drug-likeness (QED) is 0.938. The molecule has 0 fully saturated rings. The van der Waals surface area contributed by atoms with Crippen LogP contribution in [-0.2, 0) is 20.0 Å². The predicted octanol–water partition coefficient (Wildman–Crippen LogP) is 2.17. The second-order valence-electron chi connectivity index (χ2n) is 4.01. The molecule has 2 aromatic heterocycles. The minimum absolute atomic E-state index is 0.0664. The summed E-state index contributed by atoms with van der Waals surface area (Å²) in [5.74, 6) is 0.117. The lowest BCUT2D eigenvalue weighted by atomic mass is 10.3. The lowest BCUT2D eigenvalue weighted by molar-refractivity contribution is -0.0328. The Kier molecular flexibility index (Phi) is 3.66. The number of alkyl halides is 3. The first-order chi connectivity index (χ1) is 8.83. The summed E-state index contributed by atoms with van der Waals surface area (Å²) in [6.07, 6.45) is 0.699. The lowest BCUT2D eigenvalue weighted by Crippen LogP contribution is -2.11. The highest BCUT2D eigenvalue weighted by Crippen LogP contribution is 2.31. The molecule has 0 aromatic carbocycles. The average Bonchev–Trinajstić information content (AvgIpc) is 2.76. The molecule has 19 heavy (non-hydrogen) atoms. The van der Waals surface area contributed by atoms with Crippen LogP contribution < -0.4 is 5.73 Å². The number of halogens is 3. The van der Waals surface area contributed by atoms with Gasteiger partial charge in [0.25, 0.3) is 0 Å². The molecule has 0 spiro atoms. The highest BCUT2D eigenvalue weighted by molar-refractivity contribution is 8.00. The Bertz CT molecular complexity index is 586. The van der Waals surface area contributed by atoms with E-state index in [1.807, 2.05) is 6.92 Å². The molecule has 5 nitrogen and oxygen atoms in total. The van der Waals surface area contributed by atoms with Gasteiger partial charge in [-0.15, -0.1) is 0 Å². The zero-order valence-electron chi connectivity index (χ0n) is 10.5. The van der Waals surface area contributed by atoms with E-state index >= 15 is 0 Å². The maximum Gasteiger partial charge on any atom is 0.441 e. The van der Waals surface area contributed by atoms with E-state index in [1.54, 1.807) is 16.3 Å². The van der Waals surface area contributed by atoms with Gasteiger partial charge < -0.3 is 5.73 Å². The predicted molar refractivity (Wildman–Crippen MR) is 68.8 cm³/mol. The molecule has 0 saturated heterocycles. The van der Waals surface area contributed by atoms with Gasteiger partial charge in [-0.2, -0.15) is 18.3 Å².